The van der Waals surface area contributed by atoms with Gasteiger partial charge in [-0.25, -0.2) is 4.98 Å². The van der Waals surface area contributed by atoms with Crippen molar-refractivity contribution >= 4 is 5.91 Å². The first-order chi connectivity index (χ1) is 11.3. The molecule has 2 aromatic heterocycles. The van der Waals surface area contributed by atoms with Gasteiger partial charge in [-0.1, -0.05) is 0 Å². The van der Waals surface area contributed by atoms with E-state index >= 15 is 0 Å². The molecule has 1 amide bonds. The average molecular weight is 315 g/mol. The van der Waals surface area contributed by atoms with Gasteiger partial charge in [0.2, 0.25) is 5.88 Å². The van der Waals surface area contributed by atoms with Crippen LogP contribution in [-0.2, 0) is 6.54 Å². The summed E-state index contributed by atoms with van der Waals surface area (Å²) < 4.78 is 10.8. The monoisotopic (exact) mass is 315 g/mol. The molecular formula is C17H21N3O3. The quantitative estimate of drug-likeness (QED) is 0.845. The van der Waals surface area contributed by atoms with Crippen LogP contribution in [0.3, 0.4) is 0 Å². The Morgan fingerprint density at radius 2 is 2.09 bits per heavy atom. The van der Waals surface area contributed by atoms with Crippen LogP contribution in [0.2, 0.25) is 0 Å². The predicted octanol–water partition coefficient (Wildman–Crippen LogP) is 2.03. The molecule has 1 saturated heterocycles. The van der Waals surface area contributed by atoms with Crippen LogP contribution in [-0.4, -0.2) is 53.5 Å². The molecule has 1 fully saturated rings. The molecule has 1 aliphatic heterocycles. The molecule has 0 N–H and O–H groups in total. The topological polar surface area (TPSA) is 58.8 Å². The van der Waals surface area contributed by atoms with Crippen molar-refractivity contribution in [1.29, 1.82) is 0 Å². The number of piperazine rings is 1. The number of hydrogen-bond donors (Lipinski definition) is 0. The van der Waals surface area contributed by atoms with Crippen LogP contribution < -0.4 is 4.74 Å². The highest BCUT2D eigenvalue weighted by atomic mass is 16.5. The van der Waals surface area contributed by atoms with E-state index in [4.69, 9.17) is 9.15 Å². The highest BCUT2D eigenvalue weighted by Gasteiger charge is 2.25. The van der Waals surface area contributed by atoms with Gasteiger partial charge < -0.3 is 14.1 Å². The highest BCUT2D eigenvalue weighted by Crippen LogP contribution is 2.18. The van der Waals surface area contributed by atoms with Crippen molar-refractivity contribution in [2.24, 2.45) is 0 Å². The van der Waals surface area contributed by atoms with Gasteiger partial charge in [0.05, 0.1) is 19.4 Å². The fraction of sp³-hybridized carbons (Fsp3) is 0.412. The number of nitrogens with zero attached hydrogens (tertiary/aromatic N) is 3. The van der Waals surface area contributed by atoms with Gasteiger partial charge in [0, 0.05) is 32.4 Å². The number of carbonyl (C=O) groups is 1. The predicted molar refractivity (Wildman–Crippen MR) is 85.3 cm³/mol. The van der Waals surface area contributed by atoms with Crippen LogP contribution >= 0.6 is 0 Å². The van der Waals surface area contributed by atoms with Crippen molar-refractivity contribution in [1.82, 2.24) is 14.8 Å². The minimum atomic E-state index is -0.0146. The maximum Gasteiger partial charge on any atom is 0.259 e. The second-order valence-corrected chi connectivity index (χ2v) is 5.44. The van der Waals surface area contributed by atoms with Crippen LogP contribution in [0.25, 0.3) is 0 Å². The van der Waals surface area contributed by atoms with Crippen LogP contribution in [0, 0.1) is 0 Å². The number of hydrogen-bond acceptors (Lipinski definition) is 5. The van der Waals surface area contributed by atoms with Gasteiger partial charge in [-0.3, -0.25) is 9.69 Å². The normalized spacial score (nSPS) is 15.6. The van der Waals surface area contributed by atoms with Crippen molar-refractivity contribution in [2.75, 3.05) is 32.8 Å². The molecule has 0 saturated carbocycles. The van der Waals surface area contributed by atoms with Gasteiger partial charge in [0.15, 0.2) is 0 Å². The maximum absolute atomic E-state index is 12.7. The molecule has 0 spiro atoms. The third-order valence-electron chi connectivity index (χ3n) is 3.90. The Balaban J connectivity index is 1.60. The van der Waals surface area contributed by atoms with Crippen LogP contribution in [0.5, 0.6) is 5.88 Å². The fourth-order valence-corrected chi connectivity index (χ4v) is 2.71. The zero-order chi connectivity index (χ0) is 16.1. The summed E-state index contributed by atoms with van der Waals surface area (Å²) >= 11 is 0. The number of furan rings is 1. The van der Waals surface area contributed by atoms with Gasteiger partial charge in [0.25, 0.3) is 5.91 Å². The molecule has 1 aliphatic rings. The van der Waals surface area contributed by atoms with Crippen LogP contribution in [0.15, 0.2) is 41.1 Å². The van der Waals surface area contributed by atoms with E-state index < -0.39 is 0 Å². The maximum atomic E-state index is 12.7. The van der Waals surface area contributed by atoms with Gasteiger partial charge >= 0.3 is 0 Å². The minimum absolute atomic E-state index is 0.0146. The third-order valence-corrected chi connectivity index (χ3v) is 3.90. The Hall–Kier alpha value is -2.34. The zero-order valence-corrected chi connectivity index (χ0v) is 13.3. The summed E-state index contributed by atoms with van der Waals surface area (Å²) in [7, 11) is 0. The van der Waals surface area contributed by atoms with Gasteiger partial charge in [-0.05, 0) is 31.2 Å². The summed E-state index contributed by atoms with van der Waals surface area (Å²) in [5.41, 5.74) is 0.536. The molecule has 3 heterocycles. The third kappa shape index (κ3) is 3.71. The largest absolute Gasteiger partial charge is 0.477 e. The lowest BCUT2D eigenvalue weighted by Crippen LogP contribution is -2.48. The van der Waals surface area contributed by atoms with E-state index in [0.717, 1.165) is 25.4 Å². The molecule has 0 bridgehead atoms. The second-order valence-electron chi connectivity index (χ2n) is 5.44. The molecular weight excluding hydrogens is 294 g/mol. The van der Waals surface area contributed by atoms with E-state index in [0.29, 0.717) is 31.1 Å². The number of pyridine rings is 1. The van der Waals surface area contributed by atoms with E-state index in [9.17, 15) is 4.79 Å². The summed E-state index contributed by atoms with van der Waals surface area (Å²) in [6, 6.07) is 7.41. The van der Waals surface area contributed by atoms with E-state index in [1.807, 2.05) is 24.0 Å². The Morgan fingerprint density at radius 3 is 2.78 bits per heavy atom. The van der Waals surface area contributed by atoms with E-state index in [-0.39, 0.29) is 5.91 Å². The van der Waals surface area contributed by atoms with E-state index in [1.165, 1.54) is 0 Å². The highest BCUT2D eigenvalue weighted by molar-refractivity contribution is 5.96. The molecule has 0 aromatic carbocycles. The summed E-state index contributed by atoms with van der Waals surface area (Å²) in [5.74, 6) is 1.35. The number of rotatable bonds is 5. The van der Waals surface area contributed by atoms with Crippen molar-refractivity contribution in [3.8, 4) is 5.88 Å². The summed E-state index contributed by atoms with van der Waals surface area (Å²) in [5, 5.41) is 0. The molecule has 3 rings (SSSR count). The van der Waals surface area contributed by atoms with E-state index in [2.05, 4.69) is 9.88 Å². The van der Waals surface area contributed by atoms with Gasteiger partial charge in [-0.15, -0.1) is 0 Å². The summed E-state index contributed by atoms with van der Waals surface area (Å²) in [6.07, 6.45) is 3.33. The van der Waals surface area contributed by atoms with Crippen molar-refractivity contribution < 1.29 is 13.9 Å². The Bertz CT molecular complexity index is 634. The number of aromatic nitrogens is 1. The zero-order valence-electron chi connectivity index (χ0n) is 13.3. The summed E-state index contributed by atoms with van der Waals surface area (Å²) in [6.45, 7) is 6.21. The molecule has 23 heavy (non-hydrogen) atoms. The van der Waals surface area contributed by atoms with Crippen molar-refractivity contribution in [3.63, 3.8) is 0 Å². The average Bonchev–Trinajstić information content (AvgIpc) is 3.09. The lowest BCUT2D eigenvalue weighted by atomic mass is 10.2. The van der Waals surface area contributed by atoms with Crippen LogP contribution in [0.1, 0.15) is 23.0 Å². The fourth-order valence-electron chi connectivity index (χ4n) is 2.71. The Labute approximate surface area is 135 Å². The molecule has 6 nitrogen and oxygen atoms in total. The van der Waals surface area contributed by atoms with E-state index in [1.54, 1.807) is 24.6 Å². The van der Waals surface area contributed by atoms with Crippen molar-refractivity contribution in [3.05, 3.63) is 48.0 Å². The first-order valence-electron chi connectivity index (χ1n) is 7.89. The van der Waals surface area contributed by atoms with Gasteiger partial charge in [0.1, 0.15) is 11.3 Å². The molecule has 0 atom stereocenters. The van der Waals surface area contributed by atoms with Crippen LogP contribution in [0.4, 0.5) is 0 Å². The SMILES string of the molecule is CCOc1ncccc1C(=O)N1CCN(Cc2ccco2)CC1. The Morgan fingerprint density at radius 1 is 1.26 bits per heavy atom. The second kappa shape index (κ2) is 7.28. The standard InChI is InChI=1S/C17H21N3O3/c1-2-22-16-15(6-3-7-18-16)17(21)20-10-8-19(9-11-20)13-14-5-4-12-23-14/h3-7,12H,2,8-11,13H2,1H3. The number of amides is 1. The first-order valence-corrected chi connectivity index (χ1v) is 7.89. The molecule has 0 aliphatic carbocycles. The summed E-state index contributed by atoms with van der Waals surface area (Å²) in [4.78, 5) is 21.0. The number of ether oxygens (including phenoxy) is 1. The first kappa shape index (κ1) is 15.6. The molecule has 122 valence electrons. The molecule has 0 radical (unpaired) electrons. The smallest absolute Gasteiger partial charge is 0.259 e. The molecule has 6 heteroatoms. The number of carbonyl (C=O) groups excluding carboxylic acids is 1. The Kier molecular flexibility index (Phi) is 4.92. The van der Waals surface area contributed by atoms with Gasteiger partial charge in [-0.2, -0.15) is 0 Å². The minimum Gasteiger partial charge on any atom is -0.477 e. The molecule has 0 unspecified atom stereocenters. The molecule has 2 aromatic rings. The van der Waals surface area contributed by atoms with Crippen molar-refractivity contribution in [2.45, 2.75) is 13.5 Å². The lowest BCUT2D eigenvalue weighted by molar-refractivity contribution is 0.0615. The lowest BCUT2D eigenvalue weighted by Gasteiger charge is -2.34.